The van der Waals surface area contributed by atoms with Crippen molar-refractivity contribution in [3.8, 4) is 0 Å². The van der Waals surface area contributed by atoms with E-state index in [4.69, 9.17) is 5.11 Å². The zero-order chi connectivity index (χ0) is 16.8. The Morgan fingerprint density at radius 2 is 1.91 bits per heavy atom. The molecule has 0 aliphatic carbocycles. The molecule has 0 amide bonds. The van der Waals surface area contributed by atoms with Crippen LogP contribution in [0.2, 0.25) is 0 Å². The molecule has 2 N–H and O–H groups in total. The highest BCUT2D eigenvalue weighted by molar-refractivity contribution is 5.24. The van der Waals surface area contributed by atoms with Gasteiger partial charge in [-0.2, -0.15) is 5.10 Å². The third kappa shape index (κ3) is 4.41. The summed E-state index contributed by atoms with van der Waals surface area (Å²) in [6.07, 6.45) is 0. The molecule has 1 atom stereocenters. The molecule has 2 rings (SSSR count). The summed E-state index contributed by atoms with van der Waals surface area (Å²) in [6.45, 7) is 6.43. The van der Waals surface area contributed by atoms with Gasteiger partial charge in [0.25, 0.3) is 0 Å². The van der Waals surface area contributed by atoms with E-state index < -0.39 is 0 Å². The van der Waals surface area contributed by atoms with Gasteiger partial charge in [0.1, 0.15) is 0 Å². The molecule has 5 nitrogen and oxygen atoms in total. The first kappa shape index (κ1) is 17.7. The summed E-state index contributed by atoms with van der Waals surface area (Å²) in [5.74, 6) is 0. The van der Waals surface area contributed by atoms with E-state index in [0.29, 0.717) is 12.6 Å². The lowest BCUT2D eigenvalue weighted by Crippen LogP contribution is -2.31. The normalized spacial score (nSPS) is 12.8. The van der Waals surface area contributed by atoms with Gasteiger partial charge >= 0.3 is 0 Å². The second-order valence-electron chi connectivity index (χ2n) is 6.12. The van der Waals surface area contributed by atoms with Crippen molar-refractivity contribution in [2.45, 2.75) is 33.0 Å². The number of likely N-dealkylation sites (N-methyl/N-ethyl adjacent to an activating group) is 1. The van der Waals surface area contributed by atoms with Crippen molar-refractivity contribution < 1.29 is 5.11 Å². The Morgan fingerprint density at radius 1 is 1.22 bits per heavy atom. The van der Waals surface area contributed by atoms with Gasteiger partial charge in [-0.1, -0.05) is 30.3 Å². The lowest BCUT2D eigenvalue weighted by atomic mass is 10.1. The molecule has 23 heavy (non-hydrogen) atoms. The van der Waals surface area contributed by atoms with E-state index in [-0.39, 0.29) is 6.61 Å². The zero-order valence-corrected chi connectivity index (χ0v) is 14.6. The molecular formula is C18H28N4O. The molecule has 0 fully saturated rings. The molecule has 2 aromatic rings. The molecule has 5 heteroatoms. The predicted octanol–water partition coefficient (Wildman–Crippen LogP) is 1.88. The van der Waals surface area contributed by atoms with Gasteiger partial charge in [0.05, 0.1) is 18.8 Å². The van der Waals surface area contributed by atoms with Crippen molar-refractivity contribution in [2.75, 3.05) is 27.2 Å². The Bertz CT molecular complexity index is 607. The van der Waals surface area contributed by atoms with Crippen LogP contribution in [-0.2, 0) is 13.1 Å². The van der Waals surface area contributed by atoms with Crippen molar-refractivity contribution in [2.24, 2.45) is 0 Å². The number of aliphatic hydroxyl groups excluding tert-OH is 1. The number of aryl methyl sites for hydroxylation is 1. The van der Waals surface area contributed by atoms with Gasteiger partial charge in [0.2, 0.25) is 0 Å². The molecule has 0 aliphatic heterocycles. The fraction of sp³-hybridized carbons (Fsp3) is 0.500. The van der Waals surface area contributed by atoms with E-state index in [0.717, 1.165) is 24.5 Å². The Labute approximate surface area is 138 Å². The van der Waals surface area contributed by atoms with Gasteiger partial charge in [0, 0.05) is 30.4 Å². The summed E-state index contributed by atoms with van der Waals surface area (Å²) >= 11 is 0. The van der Waals surface area contributed by atoms with Crippen molar-refractivity contribution in [1.82, 2.24) is 20.0 Å². The standard InChI is InChI=1S/C18H28N4O/c1-14-17(15(2)22(20-14)10-11-23)12-19-13-18(21(3)4)16-8-6-5-7-9-16/h5-9,18-19,23H,10-13H2,1-4H3. The van der Waals surface area contributed by atoms with Crippen molar-refractivity contribution >= 4 is 0 Å². The molecule has 1 aromatic carbocycles. The molecule has 1 heterocycles. The van der Waals surface area contributed by atoms with Gasteiger partial charge in [0.15, 0.2) is 0 Å². The lowest BCUT2D eigenvalue weighted by Gasteiger charge is -2.25. The molecule has 0 saturated heterocycles. The number of hydrogen-bond acceptors (Lipinski definition) is 4. The van der Waals surface area contributed by atoms with Gasteiger partial charge in [-0.3, -0.25) is 4.68 Å². The van der Waals surface area contributed by atoms with Crippen molar-refractivity contribution in [1.29, 1.82) is 0 Å². The van der Waals surface area contributed by atoms with Gasteiger partial charge in [-0.15, -0.1) is 0 Å². The first-order valence-electron chi connectivity index (χ1n) is 8.10. The van der Waals surface area contributed by atoms with Crippen LogP contribution in [0.4, 0.5) is 0 Å². The molecule has 1 aromatic heterocycles. The smallest absolute Gasteiger partial charge is 0.0644 e. The molecule has 0 saturated carbocycles. The average Bonchev–Trinajstić information content (AvgIpc) is 2.79. The minimum atomic E-state index is 0.117. The van der Waals surface area contributed by atoms with Crippen LogP contribution in [0.25, 0.3) is 0 Å². The topological polar surface area (TPSA) is 53.3 Å². The van der Waals surface area contributed by atoms with E-state index in [9.17, 15) is 0 Å². The summed E-state index contributed by atoms with van der Waals surface area (Å²) in [5.41, 5.74) is 4.70. The fourth-order valence-electron chi connectivity index (χ4n) is 2.91. The fourth-order valence-corrected chi connectivity index (χ4v) is 2.91. The van der Waals surface area contributed by atoms with Crippen LogP contribution < -0.4 is 5.32 Å². The molecule has 0 bridgehead atoms. The molecule has 0 aliphatic rings. The van der Waals surface area contributed by atoms with Crippen LogP contribution in [0.3, 0.4) is 0 Å². The predicted molar refractivity (Wildman–Crippen MR) is 93.4 cm³/mol. The van der Waals surface area contributed by atoms with E-state index >= 15 is 0 Å². The quantitative estimate of drug-likeness (QED) is 0.781. The average molecular weight is 316 g/mol. The van der Waals surface area contributed by atoms with Crippen molar-refractivity contribution in [3.63, 3.8) is 0 Å². The number of aromatic nitrogens is 2. The van der Waals surface area contributed by atoms with E-state index in [1.807, 2.05) is 17.7 Å². The Morgan fingerprint density at radius 3 is 2.52 bits per heavy atom. The third-order valence-electron chi connectivity index (χ3n) is 4.29. The minimum absolute atomic E-state index is 0.117. The largest absolute Gasteiger partial charge is 0.394 e. The van der Waals surface area contributed by atoms with Gasteiger partial charge in [-0.05, 0) is 33.5 Å². The van der Waals surface area contributed by atoms with E-state index in [1.54, 1.807) is 0 Å². The summed E-state index contributed by atoms with van der Waals surface area (Å²) < 4.78 is 1.88. The Kier molecular flexibility index (Phi) is 6.33. The molecule has 126 valence electrons. The number of nitrogens with one attached hydrogen (secondary N) is 1. The number of nitrogens with zero attached hydrogens (tertiary/aromatic N) is 3. The van der Waals surface area contributed by atoms with Crippen LogP contribution in [-0.4, -0.2) is 47.0 Å². The monoisotopic (exact) mass is 316 g/mol. The Hall–Kier alpha value is -1.69. The maximum absolute atomic E-state index is 9.10. The van der Waals surface area contributed by atoms with Crippen LogP contribution in [0.5, 0.6) is 0 Å². The summed E-state index contributed by atoms with van der Waals surface area (Å²) in [7, 11) is 4.21. The SMILES string of the molecule is Cc1nn(CCO)c(C)c1CNCC(c1ccccc1)N(C)C. The lowest BCUT2D eigenvalue weighted by molar-refractivity contribution is 0.267. The maximum atomic E-state index is 9.10. The third-order valence-corrected chi connectivity index (χ3v) is 4.29. The zero-order valence-electron chi connectivity index (χ0n) is 14.6. The highest BCUT2D eigenvalue weighted by Crippen LogP contribution is 2.18. The summed E-state index contributed by atoms with van der Waals surface area (Å²) in [6, 6.07) is 10.9. The molecule has 0 radical (unpaired) electrons. The van der Waals surface area contributed by atoms with Gasteiger partial charge in [-0.25, -0.2) is 0 Å². The number of benzene rings is 1. The van der Waals surface area contributed by atoms with Crippen LogP contribution >= 0.6 is 0 Å². The first-order valence-corrected chi connectivity index (χ1v) is 8.10. The Balaban J connectivity index is 2.00. The van der Waals surface area contributed by atoms with Gasteiger partial charge < -0.3 is 15.3 Å². The highest BCUT2D eigenvalue weighted by atomic mass is 16.3. The second-order valence-corrected chi connectivity index (χ2v) is 6.12. The number of hydrogen-bond donors (Lipinski definition) is 2. The summed E-state index contributed by atoms with van der Waals surface area (Å²) in [5, 5.41) is 17.2. The number of rotatable bonds is 8. The summed E-state index contributed by atoms with van der Waals surface area (Å²) in [4.78, 5) is 2.23. The van der Waals surface area contributed by atoms with Crippen LogP contribution in [0.15, 0.2) is 30.3 Å². The van der Waals surface area contributed by atoms with E-state index in [2.05, 4.69) is 60.6 Å². The number of aliphatic hydroxyl groups is 1. The van der Waals surface area contributed by atoms with Crippen molar-refractivity contribution in [3.05, 3.63) is 52.8 Å². The molecular weight excluding hydrogens is 288 g/mol. The minimum Gasteiger partial charge on any atom is -0.394 e. The van der Waals surface area contributed by atoms with Crippen LogP contribution in [0, 0.1) is 13.8 Å². The second kappa shape index (κ2) is 8.24. The van der Waals surface area contributed by atoms with E-state index in [1.165, 1.54) is 11.1 Å². The van der Waals surface area contributed by atoms with Crippen LogP contribution in [0.1, 0.15) is 28.6 Å². The highest BCUT2D eigenvalue weighted by Gasteiger charge is 2.15. The first-order chi connectivity index (χ1) is 11.0. The molecule has 0 spiro atoms. The molecule has 1 unspecified atom stereocenters. The maximum Gasteiger partial charge on any atom is 0.0644 e.